The Labute approximate surface area is 110 Å². The predicted octanol–water partition coefficient (Wildman–Crippen LogP) is 0.976. The summed E-state index contributed by atoms with van der Waals surface area (Å²) in [6.07, 6.45) is 0.983. The zero-order valence-corrected chi connectivity index (χ0v) is 10.9. The first-order chi connectivity index (χ1) is 8.77. The highest BCUT2D eigenvalue weighted by atomic mass is 32.1. The maximum absolute atomic E-state index is 10.8. The van der Waals surface area contributed by atoms with E-state index in [2.05, 4.69) is 15.2 Å². The minimum absolute atomic E-state index is 0.117. The van der Waals surface area contributed by atoms with Crippen molar-refractivity contribution in [3.05, 3.63) is 11.2 Å². The molecule has 2 heterocycles. The van der Waals surface area contributed by atoms with Crippen LogP contribution >= 0.6 is 11.3 Å². The fourth-order valence-electron chi connectivity index (χ4n) is 1.85. The molecule has 18 heavy (non-hydrogen) atoms. The first kappa shape index (κ1) is 13.3. The molecular weight excluding hydrogens is 254 g/mol. The van der Waals surface area contributed by atoms with E-state index in [-0.39, 0.29) is 5.69 Å². The smallest absolute Gasteiger partial charge is 0.357 e. The van der Waals surface area contributed by atoms with Crippen LogP contribution in [0.25, 0.3) is 0 Å². The van der Waals surface area contributed by atoms with Crippen LogP contribution < -0.4 is 5.32 Å². The Morgan fingerprint density at radius 3 is 3.06 bits per heavy atom. The number of anilines is 1. The van der Waals surface area contributed by atoms with Gasteiger partial charge in [0.1, 0.15) is 5.00 Å². The van der Waals surface area contributed by atoms with Gasteiger partial charge in [0.15, 0.2) is 5.69 Å². The second-order valence-electron chi connectivity index (χ2n) is 4.07. The second-order valence-corrected chi connectivity index (χ2v) is 4.92. The number of carboxylic acid groups (broad SMARTS) is 1. The maximum Gasteiger partial charge on any atom is 0.357 e. The number of nitrogens with one attached hydrogen (secondary N) is 1. The lowest BCUT2D eigenvalue weighted by molar-refractivity contribution is 0.0378. The third-order valence-corrected chi connectivity index (χ3v) is 3.59. The van der Waals surface area contributed by atoms with E-state index in [4.69, 9.17) is 9.84 Å². The van der Waals surface area contributed by atoms with Crippen molar-refractivity contribution in [2.45, 2.75) is 6.42 Å². The van der Waals surface area contributed by atoms with Crippen LogP contribution in [0.4, 0.5) is 5.00 Å². The van der Waals surface area contributed by atoms with Gasteiger partial charge in [-0.3, -0.25) is 4.90 Å². The number of hydrogen-bond donors (Lipinski definition) is 2. The number of hydrogen-bond acceptors (Lipinski definition) is 6. The number of nitrogens with zero attached hydrogens (tertiary/aromatic N) is 2. The van der Waals surface area contributed by atoms with Gasteiger partial charge in [-0.2, -0.15) is 0 Å². The Hall–Kier alpha value is -1.18. The Morgan fingerprint density at radius 1 is 1.56 bits per heavy atom. The standard InChI is InChI=1S/C11H17N3O3S/c15-11(16)9-10(18-8-13-9)12-2-1-3-14-4-6-17-7-5-14/h8,12H,1-7H2,(H,15,16). The minimum atomic E-state index is -0.980. The van der Waals surface area contributed by atoms with Crippen molar-refractivity contribution in [3.63, 3.8) is 0 Å². The number of carbonyl (C=O) groups is 1. The van der Waals surface area contributed by atoms with Gasteiger partial charge in [-0.05, 0) is 13.0 Å². The lowest BCUT2D eigenvalue weighted by atomic mass is 10.3. The van der Waals surface area contributed by atoms with Crippen LogP contribution in [-0.4, -0.2) is 60.4 Å². The molecule has 1 saturated heterocycles. The molecule has 0 amide bonds. The largest absolute Gasteiger partial charge is 0.476 e. The molecule has 2 N–H and O–H groups in total. The first-order valence-corrected chi connectivity index (χ1v) is 6.86. The Kier molecular flexibility index (Phi) is 4.91. The molecule has 1 fully saturated rings. The average Bonchev–Trinajstić information content (AvgIpc) is 2.84. The Morgan fingerprint density at radius 2 is 2.33 bits per heavy atom. The molecule has 6 nitrogen and oxygen atoms in total. The van der Waals surface area contributed by atoms with Crippen molar-refractivity contribution in [2.75, 3.05) is 44.7 Å². The van der Waals surface area contributed by atoms with Crippen LogP contribution in [0, 0.1) is 0 Å². The van der Waals surface area contributed by atoms with Gasteiger partial charge in [0.25, 0.3) is 0 Å². The summed E-state index contributed by atoms with van der Waals surface area (Å²) in [5.74, 6) is -0.980. The molecule has 0 atom stereocenters. The van der Waals surface area contributed by atoms with Crippen LogP contribution in [0.15, 0.2) is 5.51 Å². The van der Waals surface area contributed by atoms with E-state index in [9.17, 15) is 4.79 Å². The van der Waals surface area contributed by atoms with E-state index < -0.39 is 5.97 Å². The van der Waals surface area contributed by atoms with Crippen molar-refractivity contribution < 1.29 is 14.6 Å². The molecule has 100 valence electrons. The first-order valence-electron chi connectivity index (χ1n) is 5.98. The number of ether oxygens (including phenoxy) is 1. The van der Waals surface area contributed by atoms with E-state index in [1.165, 1.54) is 11.3 Å². The number of thiazole rings is 1. The molecule has 1 aromatic rings. The fraction of sp³-hybridized carbons (Fsp3) is 0.636. The molecule has 0 unspecified atom stereocenters. The molecule has 1 aromatic heterocycles. The molecule has 1 aliphatic rings. The molecular formula is C11H17N3O3S. The van der Waals surface area contributed by atoms with E-state index in [0.717, 1.165) is 45.8 Å². The highest BCUT2D eigenvalue weighted by molar-refractivity contribution is 7.14. The van der Waals surface area contributed by atoms with E-state index in [1.807, 2.05) is 0 Å². The van der Waals surface area contributed by atoms with Crippen LogP contribution in [0.2, 0.25) is 0 Å². The summed E-state index contributed by atoms with van der Waals surface area (Å²) in [7, 11) is 0. The molecule has 0 saturated carbocycles. The van der Waals surface area contributed by atoms with E-state index in [0.29, 0.717) is 5.00 Å². The molecule has 1 aliphatic heterocycles. The molecule has 0 bridgehead atoms. The summed E-state index contributed by atoms with van der Waals surface area (Å²) in [4.78, 5) is 17.0. The highest BCUT2D eigenvalue weighted by Gasteiger charge is 2.13. The average molecular weight is 271 g/mol. The van der Waals surface area contributed by atoms with Crippen molar-refractivity contribution >= 4 is 22.3 Å². The normalized spacial score (nSPS) is 16.7. The van der Waals surface area contributed by atoms with E-state index in [1.54, 1.807) is 5.51 Å². The summed E-state index contributed by atoms with van der Waals surface area (Å²) in [5.41, 5.74) is 1.67. The fourth-order valence-corrected chi connectivity index (χ4v) is 2.55. The zero-order valence-electron chi connectivity index (χ0n) is 10.1. The monoisotopic (exact) mass is 271 g/mol. The Balaban J connectivity index is 1.68. The van der Waals surface area contributed by atoms with Crippen LogP contribution in [0.1, 0.15) is 16.9 Å². The van der Waals surface area contributed by atoms with E-state index >= 15 is 0 Å². The quantitative estimate of drug-likeness (QED) is 0.751. The molecule has 0 aliphatic carbocycles. The highest BCUT2D eigenvalue weighted by Crippen LogP contribution is 2.19. The van der Waals surface area contributed by atoms with Crippen LogP contribution in [0.5, 0.6) is 0 Å². The van der Waals surface area contributed by atoms with Crippen molar-refractivity contribution in [2.24, 2.45) is 0 Å². The van der Waals surface area contributed by atoms with Gasteiger partial charge in [0, 0.05) is 19.6 Å². The summed E-state index contributed by atoms with van der Waals surface area (Å²) >= 11 is 1.33. The SMILES string of the molecule is O=C(O)c1ncsc1NCCCN1CCOCC1. The van der Waals surface area contributed by atoms with Crippen LogP contribution in [-0.2, 0) is 4.74 Å². The summed E-state index contributed by atoms with van der Waals surface area (Å²) in [6.45, 7) is 5.37. The number of carboxylic acids is 1. The molecule has 7 heteroatoms. The third kappa shape index (κ3) is 3.66. The van der Waals surface area contributed by atoms with Gasteiger partial charge in [-0.15, -0.1) is 11.3 Å². The number of rotatable bonds is 6. The van der Waals surface area contributed by atoms with Gasteiger partial charge >= 0.3 is 5.97 Å². The molecule has 0 aromatic carbocycles. The van der Waals surface area contributed by atoms with Gasteiger partial charge in [0.2, 0.25) is 0 Å². The van der Waals surface area contributed by atoms with Crippen molar-refractivity contribution in [1.29, 1.82) is 0 Å². The van der Waals surface area contributed by atoms with Crippen molar-refractivity contribution in [1.82, 2.24) is 9.88 Å². The molecule has 2 rings (SSSR count). The predicted molar refractivity (Wildman–Crippen MR) is 69.4 cm³/mol. The second kappa shape index (κ2) is 6.67. The van der Waals surface area contributed by atoms with Gasteiger partial charge in [0.05, 0.1) is 18.7 Å². The summed E-state index contributed by atoms with van der Waals surface area (Å²) < 4.78 is 5.28. The summed E-state index contributed by atoms with van der Waals surface area (Å²) in [5, 5.41) is 12.7. The third-order valence-electron chi connectivity index (χ3n) is 2.81. The Bertz CT molecular complexity index is 391. The minimum Gasteiger partial charge on any atom is -0.476 e. The number of aromatic carboxylic acids is 1. The molecule has 0 radical (unpaired) electrons. The van der Waals surface area contributed by atoms with Crippen molar-refractivity contribution in [3.8, 4) is 0 Å². The zero-order chi connectivity index (χ0) is 12.8. The lowest BCUT2D eigenvalue weighted by Crippen LogP contribution is -2.37. The van der Waals surface area contributed by atoms with Gasteiger partial charge in [-0.25, -0.2) is 9.78 Å². The lowest BCUT2D eigenvalue weighted by Gasteiger charge is -2.26. The number of morpholine rings is 1. The summed E-state index contributed by atoms with van der Waals surface area (Å²) in [6, 6.07) is 0. The van der Waals surface area contributed by atoms with Gasteiger partial charge < -0.3 is 15.2 Å². The van der Waals surface area contributed by atoms with Crippen LogP contribution in [0.3, 0.4) is 0 Å². The topological polar surface area (TPSA) is 74.7 Å². The number of aromatic nitrogens is 1. The maximum atomic E-state index is 10.8. The molecule has 0 spiro atoms. The van der Waals surface area contributed by atoms with Gasteiger partial charge in [-0.1, -0.05) is 0 Å².